The molecule has 0 fully saturated rings. The van der Waals surface area contributed by atoms with Gasteiger partial charge in [-0.25, -0.2) is 0 Å². The van der Waals surface area contributed by atoms with Crippen LogP contribution in [0.2, 0.25) is 0 Å². The number of aliphatic carboxylic acids is 1. The van der Waals surface area contributed by atoms with E-state index in [1.165, 1.54) is 0 Å². The Bertz CT molecular complexity index is 659. The third-order valence-electron chi connectivity index (χ3n) is 3.47. The van der Waals surface area contributed by atoms with Gasteiger partial charge in [0.1, 0.15) is 0 Å². The Kier molecular flexibility index (Phi) is 4.58. The topological polar surface area (TPSA) is 57.6 Å². The number of carbonyl (C=O) groups is 2. The Balaban J connectivity index is 2.37. The largest absolute Gasteiger partial charge is 0.481 e. The monoisotopic (exact) mass is 285 g/mol. The predicted molar refractivity (Wildman–Crippen MR) is 82.4 cm³/mol. The second-order valence-electron chi connectivity index (χ2n) is 5.26. The van der Waals surface area contributed by atoms with Crippen LogP contribution in [0, 0.1) is 0 Å². The van der Waals surface area contributed by atoms with Crippen molar-refractivity contribution >= 4 is 22.6 Å². The summed E-state index contributed by atoms with van der Waals surface area (Å²) in [6.45, 7) is 4.00. The molecule has 0 bridgehead atoms. The minimum Gasteiger partial charge on any atom is -0.481 e. The Hall–Kier alpha value is -2.36. The van der Waals surface area contributed by atoms with Crippen molar-refractivity contribution < 1.29 is 14.7 Å². The van der Waals surface area contributed by atoms with Gasteiger partial charge in [0.25, 0.3) is 5.91 Å². The van der Waals surface area contributed by atoms with E-state index in [-0.39, 0.29) is 24.9 Å². The van der Waals surface area contributed by atoms with Crippen molar-refractivity contribution in [2.45, 2.75) is 26.3 Å². The molecule has 0 spiro atoms. The van der Waals surface area contributed by atoms with Gasteiger partial charge in [0, 0.05) is 18.2 Å². The van der Waals surface area contributed by atoms with Crippen LogP contribution in [0.1, 0.15) is 30.6 Å². The summed E-state index contributed by atoms with van der Waals surface area (Å²) in [5.74, 6) is -1.02. The molecule has 2 rings (SSSR count). The number of nitrogens with zero attached hydrogens (tertiary/aromatic N) is 1. The molecule has 0 saturated heterocycles. The van der Waals surface area contributed by atoms with Crippen LogP contribution in [-0.2, 0) is 4.79 Å². The van der Waals surface area contributed by atoms with E-state index in [2.05, 4.69) is 0 Å². The maximum Gasteiger partial charge on any atom is 0.305 e. The van der Waals surface area contributed by atoms with Crippen molar-refractivity contribution in [1.29, 1.82) is 0 Å². The molecular weight excluding hydrogens is 266 g/mol. The predicted octanol–water partition coefficient (Wildman–Crippen LogP) is 3.17. The third kappa shape index (κ3) is 3.40. The molecule has 21 heavy (non-hydrogen) atoms. The first-order chi connectivity index (χ1) is 10.0. The Labute approximate surface area is 124 Å². The third-order valence-corrected chi connectivity index (χ3v) is 3.47. The van der Waals surface area contributed by atoms with Crippen LogP contribution in [-0.4, -0.2) is 34.5 Å². The van der Waals surface area contributed by atoms with Gasteiger partial charge in [-0.05, 0) is 30.7 Å². The van der Waals surface area contributed by atoms with Crippen molar-refractivity contribution in [3.05, 3.63) is 48.0 Å². The van der Waals surface area contributed by atoms with Gasteiger partial charge in [-0.15, -0.1) is 0 Å². The van der Waals surface area contributed by atoms with E-state index in [4.69, 9.17) is 5.11 Å². The first kappa shape index (κ1) is 15.0. The molecule has 0 aliphatic heterocycles. The summed E-state index contributed by atoms with van der Waals surface area (Å²) in [5.41, 5.74) is 0.618. The van der Waals surface area contributed by atoms with Gasteiger partial charge in [-0.3, -0.25) is 9.59 Å². The average Bonchev–Trinajstić information content (AvgIpc) is 2.46. The number of amides is 1. The van der Waals surface area contributed by atoms with Crippen LogP contribution in [0.4, 0.5) is 0 Å². The molecule has 0 aliphatic rings. The summed E-state index contributed by atoms with van der Waals surface area (Å²) in [6.07, 6.45) is -0.0469. The fraction of sp³-hybridized carbons (Fsp3) is 0.294. The minimum absolute atomic E-state index is 0.0455. The van der Waals surface area contributed by atoms with Crippen LogP contribution in [0.15, 0.2) is 42.5 Å². The summed E-state index contributed by atoms with van der Waals surface area (Å²) in [5, 5.41) is 10.7. The molecule has 0 saturated carbocycles. The van der Waals surface area contributed by atoms with E-state index >= 15 is 0 Å². The highest BCUT2D eigenvalue weighted by Gasteiger charge is 2.21. The number of fused-ring (bicyclic) bond motifs is 1. The van der Waals surface area contributed by atoms with Gasteiger partial charge >= 0.3 is 5.97 Å². The molecule has 0 atom stereocenters. The number of rotatable bonds is 5. The summed E-state index contributed by atoms with van der Waals surface area (Å²) < 4.78 is 0. The lowest BCUT2D eigenvalue weighted by Crippen LogP contribution is -2.38. The van der Waals surface area contributed by atoms with E-state index in [9.17, 15) is 9.59 Å². The van der Waals surface area contributed by atoms with Crippen LogP contribution in [0.3, 0.4) is 0 Å². The highest BCUT2D eigenvalue weighted by molar-refractivity contribution is 6.07. The van der Waals surface area contributed by atoms with Crippen molar-refractivity contribution in [3.63, 3.8) is 0 Å². The molecule has 1 amide bonds. The molecule has 2 aromatic rings. The number of carboxylic acids is 1. The van der Waals surface area contributed by atoms with Crippen LogP contribution < -0.4 is 0 Å². The van der Waals surface area contributed by atoms with Gasteiger partial charge < -0.3 is 10.0 Å². The lowest BCUT2D eigenvalue weighted by molar-refractivity contribution is -0.137. The standard InChI is InChI=1S/C17H19NO3/c1-12(2)18(11-10-16(19)20)17(21)15-9-5-7-13-6-3-4-8-14(13)15/h3-9,12H,10-11H2,1-2H3,(H,19,20). The summed E-state index contributed by atoms with van der Waals surface area (Å²) in [4.78, 5) is 25.1. The van der Waals surface area contributed by atoms with Crippen molar-refractivity contribution in [1.82, 2.24) is 4.90 Å². The Morgan fingerprint density at radius 2 is 1.76 bits per heavy atom. The van der Waals surface area contributed by atoms with Crippen molar-refractivity contribution in [2.24, 2.45) is 0 Å². The molecule has 0 radical (unpaired) electrons. The summed E-state index contributed by atoms with van der Waals surface area (Å²) in [6, 6.07) is 13.3. The number of hydrogen-bond acceptors (Lipinski definition) is 2. The quantitative estimate of drug-likeness (QED) is 0.918. The van der Waals surface area contributed by atoms with E-state index in [0.717, 1.165) is 10.8 Å². The van der Waals surface area contributed by atoms with Crippen LogP contribution >= 0.6 is 0 Å². The zero-order chi connectivity index (χ0) is 15.4. The minimum atomic E-state index is -0.897. The first-order valence-electron chi connectivity index (χ1n) is 7.01. The van der Waals surface area contributed by atoms with Crippen LogP contribution in [0.25, 0.3) is 10.8 Å². The Morgan fingerprint density at radius 3 is 2.43 bits per heavy atom. The van der Waals surface area contributed by atoms with E-state index in [1.54, 1.807) is 11.0 Å². The zero-order valence-electron chi connectivity index (χ0n) is 12.2. The molecular formula is C17H19NO3. The fourth-order valence-corrected chi connectivity index (χ4v) is 2.38. The molecule has 4 heteroatoms. The second kappa shape index (κ2) is 6.39. The lowest BCUT2D eigenvalue weighted by Gasteiger charge is -2.26. The highest BCUT2D eigenvalue weighted by Crippen LogP contribution is 2.21. The molecule has 0 aromatic heterocycles. The molecule has 1 N–H and O–H groups in total. The zero-order valence-corrected chi connectivity index (χ0v) is 12.2. The molecule has 0 unspecified atom stereocenters. The summed E-state index contributed by atoms with van der Waals surface area (Å²) >= 11 is 0. The average molecular weight is 285 g/mol. The fourth-order valence-electron chi connectivity index (χ4n) is 2.38. The molecule has 4 nitrogen and oxygen atoms in total. The van der Waals surface area contributed by atoms with Crippen LogP contribution in [0.5, 0.6) is 0 Å². The lowest BCUT2D eigenvalue weighted by atomic mass is 10.0. The number of carboxylic acid groups (broad SMARTS) is 1. The maximum absolute atomic E-state index is 12.7. The molecule has 110 valence electrons. The van der Waals surface area contributed by atoms with Gasteiger partial charge in [0.05, 0.1) is 6.42 Å². The van der Waals surface area contributed by atoms with Gasteiger partial charge in [-0.2, -0.15) is 0 Å². The van der Waals surface area contributed by atoms with Crippen molar-refractivity contribution in [2.75, 3.05) is 6.54 Å². The smallest absolute Gasteiger partial charge is 0.305 e. The normalized spacial score (nSPS) is 10.8. The SMILES string of the molecule is CC(C)N(CCC(=O)O)C(=O)c1cccc2ccccc12. The number of benzene rings is 2. The first-order valence-corrected chi connectivity index (χ1v) is 7.01. The van der Waals surface area contributed by atoms with Gasteiger partial charge in [0.15, 0.2) is 0 Å². The molecule has 0 aliphatic carbocycles. The van der Waals surface area contributed by atoms with Gasteiger partial charge in [-0.1, -0.05) is 36.4 Å². The number of carbonyl (C=O) groups excluding carboxylic acids is 1. The van der Waals surface area contributed by atoms with E-state index in [1.807, 2.05) is 50.2 Å². The summed E-state index contributed by atoms with van der Waals surface area (Å²) in [7, 11) is 0. The second-order valence-corrected chi connectivity index (χ2v) is 5.26. The van der Waals surface area contributed by atoms with Gasteiger partial charge in [0.2, 0.25) is 0 Å². The number of hydrogen-bond donors (Lipinski definition) is 1. The highest BCUT2D eigenvalue weighted by atomic mass is 16.4. The molecule has 2 aromatic carbocycles. The van der Waals surface area contributed by atoms with E-state index < -0.39 is 5.97 Å². The van der Waals surface area contributed by atoms with Crippen molar-refractivity contribution in [3.8, 4) is 0 Å². The molecule has 0 heterocycles. The Morgan fingerprint density at radius 1 is 1.10 bits per heavy atom. The maximum atomic E-state index is 12.7. The van der Waals surface area contributed by atoms with E-state index in [0.29, 0.717) is 5.56 Å².